The first-order valence-electron chi connectivity index (χ1n) is 9.46. The van der Waals surface area contributed by atoms with Gasteiger partial charge in [0.15, 0.2) is 11.0 Å². The van der Waals surface area contributed by atoms with Crippen molar-refractivity contribution in [3.05, 3.63) is 99.2 Å². The summed E-state index contributed by atoms with van der Waals surface area (Å²) in [6.07, 6.45) is 0. The van der Waals surface area contributed by atoms with Crippen LogP contribution in [0.5, 0.6) is 0 Å². The zero-order valence-electron chi connectivity index (χ0n) is 16.6. The molecule has 29 heavy (non-hydrogen) atoms. The molecule has 4 aromatic rings. The van der Waals surface area contributed by atoms with Gasteiger partial charge in [0, 0.05) is 16.8 Å². The molecule has 0 saturated heterocycles. The molecule has 0 aliphatic carbocycles. The van der Waals surface area contributed by atoms with Crippen LogP contribution < -0.4 is 10.7 Å². The summed E-state index contributed by atoms with van der Waals surface area (Å²) in [5, 5.41) is 3.35. The lowest BCUT2D eigenvalue weighted by atomic mass is 10.0. The number of hydrogen-bond acceptors (Lipinski definition) is 3. The number of anilines is 1. The molecule has 0 aliphatic heterocycles. The van der Waals surface area contributed by atoms with E-state index in [9.17, 15) is 9.59 Å². The van der Waals surface area contributed by atoms with E-state index in [1.165, 1.54) is 0 Å². The minimum absolute atomic E-state index is 0.133. The maximum atomic E-state index is 13.1. The molecule has 0 aliphatic rings. The fourth-order valence-electron chi connectivity index (χ4n) is 3.41. The van der Waals surface area contributed by atoms with Gasteiger partial charge in [0.2, 0.25) is 0 Å². The maximum absolute atomic E-state index is 13.1. The minimum atomic E-state index is -0.310. The Morgan fingerprint density at radius 1 is 0.897 bits per heavy atom. The van der Waals surface area contributed by atoms with Crippen molar-refractivity contribution in [2.24, 2.45) is 0 Å². The van der Waals surface area contributed by atoms with Crippen LogP contribution >= 0.6 is 0 Å². The van der Waals surface area contributed by atoms with E-state index in [2.05, 4.69) is 5.32 Å². The summed E-state index contributed by atoms with van der Waals surface area (Å²) in [6, 6.07) is 20.4. The van der Waals surface area contributed by atoms with E-state index in [0.29, 0.717) is 27.9 Å². The molecule has 1 N–H and O–H groups in total. The van der Waals surface area contributed by atoms with E-state index in [0.717, 1.165) is 22.4 Å². The first-order chi connectivity index (χ1) is 14.0. The van der Waals surface area contributed by atoms with Crippen LogP contribution in [0.1, 0.15) is 27.0 Å². The predicted molar refractivity (Wildman–Crippen MR) is 117 cm³/mol. The van der Waals surface area contributed by atoms with Crippen molar-refractivity contribution in [1.29, 1.82) is 0 Å². The average molecular weight is 383 g/mol. The minimum Gasteiger partial charge on any atom is -0.455 e. The van der Waals surface area contributed by atoms with Gasteiger partial charge in [-0.3, -0.25) is 9.59 Å². The van der Waals surface area contributed by atoms with Gasteiger partial charge in [0.25, 0.3) is 5.91 Å². The summed E-state index contributed by atoms with van der Waals surface area (Å²) in [5.74, 6) is 0.172. The van der Waals surface area contributed by atoms with Crippen molar-refractivity contribution in [2.75, 3.05) is 5.32 Å². The van der Waals surface area contributed by atoms with Crippen LogP contribution in [0.2, 0.25) is 0 Å². The van der Waals surface area contributed by atoms with E-state index < -0.39 is 0 Å². The van der Waals surface area contributed by atoms with E-state index in [4.69, 9.17) is 4.42 Å². The molecule has 144 valence electrons. The number of fused-ring (bicyclic) bond motifs is 1. The number of benzene rings is 3. The molecule has 3 aromatic carbocycles. The zero-order chi connectivity index (χ0) is 20.5. The van der Waals surface area contributed by atoms with Gasteiger partial charge < -0.3 is 9.73 Å². The number of carbonyl (C=O) groups excluding carboxylic acids is 1. The van der Waals surface area contributed by atoms with Crippen LogP contribution in [0.4, 0.5) is 5.69 Å². The second-order valence-corrected chi connectivity index (χ2v) is 7.21. The van der Waals surface area contributed by atoms with Crippen molar-refractivity contribution >= 4 is 22.6 Å². The topological polar surface area (TPSA) is 59.3 Å². The molecular weight excluding hydrogens is 362 g/mol. The van der Waals surface area contributed by atoms with Crippen molar-refractivity contribution in [3.8, 4) is 11.3 Å². The van der Waals surface area contributed by atoms with Crippen molar-refractivity contribution in [2.45, 2.75) is 20.8 Å². The summed E-state index contributed by atoms with van der Waals surface area (Å²) in [6.45, 7) is 5.66. The third kappa shape index (κ3) is 3.45. The van der Waals surface area contributed by atoms with Gasteiger partial charge in [-0.25, -0.2) is 0 Å². The summed E-state index contributed by atoms with van der Waals surface area (Å²) in [5.41, 5.74) is 4.58. The Bertz CT molecular complexity index is 1290. The molecule has 0 saturated carbocycles. The fraction of sp³-hybridized carbons (Fsp3) is 0.120. The third-order valence-electron chi connectivity index (χ3n) is 5.07. The number of rotatable bonds is 3. The SMILES string of the molecule is Cc1ccc(C)c(NC(=O)c2cccc3c(=O)c(C)c(-c4ccccc4)oc23)c1. The molecule has 0 radical (unpaired) electrons. The Labute approximate surface area is 168 Å². The van der Waals surface area contributed by atoms with E-state index in [1.807, 2.05) is 62.4 Å². The fourth-order valence-corrected chi connectivity index (χ4v) is 3.41. The molecule has 0 unspecified atom stereocenters. The number of hydrogen-bond donors (Lipinski definition) is 1. The molecule has 0 atom stereocenters. The monoisotopic (exact) mass is 383 g/mol. The van der Waals surface area contributed by atoms with Crippen LogP contribution in [0.3, 0.4) is 0 Å². The van der Waals surface area contributed by atoms with Gasteiger partial charge in [-0.15, -0.1) is 0 Å². The van der Waals surface area contributed by atoms with Gasteiger partial charge in [-0.2, -0.15) is 0 Å². The van der Waals surface area contributed by atoms with Crippen LogP contribution in [0.15, 0.2) is 75.9 Å². The van der Waals surface area contributed by atoms with E-state index in [-0.39, 0.29) is 11.3 Å². The molecule has 0 fully saturated rings. The molecule has 0 bridgehead atoms. The summed E-state index contributed by atoms with van der Waals surface area (Å²) in [7, 11) is 0. The smallest absolute Gasteiger partial charge is 0.259 e. The number of nitrogens with one attached hydrogen (secondary N) is 1. The second-order valence-electron chi connectivity index (χ2n) is 7.21. The zero-order valence-corrected chi connectivity index (χ0v) is 16.6. The van der Waals surface area contributed by atoms with Crippen LogP contribution in [0, 0.1) is 20.8 Å². The highest BCUT2D eigenvalue weighted by Gasteiger charge is 2.18. The summed E-state index contributed by atoms with van der Waals surface area (Å²) in [4.78, 5) is 26.0. The van der Waals surface area contributed by atoms with Crippen LogP contribution in [-0.4, -0.2) is 5.91 Å². The molecule has 4 heteroatoms. The average Bonchev–Trinajstić information content (AvgIpc) is 2.73. The van der Waals surface area contributed by atoms with Gasteiger partial charge >= 0.3 is 0 Å². The number of carbonyl (C=O) groups is 1. The van der Waals surface area contributed by atoms with Gasteiger partial charge in [-0.1, -0.05) is 48.5 Å². The second kappa shape index (κ2) is 7.40. The van der Waals surface area contributed by atoms with Crippen molar-refractivity contribution < 1.29 is 9.21 Å². The van der Waals surface area contributed by atoms with Crippen molar-refractivity contribution in [3.63, 3.8) is 0 Å². The molecular formula is C25H21NO3. The van der Waals surface area contributed by atoms with Gasteiger partial charge in [0.1, 0.15) is 5.76 Å². The molecule has 4 rings (SSSR count). The molecule has 0 spiro atoms. The Balaban J connectivity index is 1.87. The lowest BCUT2D eigenvalue weighted by molar-refractivity contribution is 0.102. The predicted octanol–water partition coefficient (Wildman–Crippen LogP) is 5.64. The lowest BCUT2D eigenvalue weighted by Crippen LogP contribution is -2.15. The quantitative estimate of drug-likeness (QED) is 0.498. The Morgan fingerprint density at radius 2 is 1.66 bits per heavy atom. The first-order valence-corrected chi connectivity index (χ1v) is 9.46. The third-order valence-corrected chi connectivity index (χ3v) is 5.07. The largest absolute Gasteiger partial charge is 0.455 e. The number of para-hydroxylation sites is 1. The van der Waals surface area contributed by atoms with E-state index >= 15 is 0 Å². The van der Waals surface area contributed by atoms with Crippen molar-refractivity contribution in [1.82, 2.24) is 0 Å². The van der Waals surface area contributed by atoms with Gasteiger partial charge in [0.05, 0.1) is 10.9 Å². The molecule has 4 nitrogen and oxygen atoms in total. The first kappa shape index (κ1) is 18.7. The van der Waals surface area contributed by atoms with Gasteiger partial charge in [-0.05, 0) is 50.1 Å². The highest BCUT2D eigenvalue weighted by Crippen LogP contribution is 2.28. The van der Waals surface area contributed by atoms with Crippen LogP contribution in [0.25, 0.3) is 22.3 Å². The highest BCUT2D eigenvalue weighted by molar-refractivity contribution is 6.11. The Kier molecular flexibility index (Phi) is 4.77. The normalized spacial score (nSPS) is 10.9. The standard InChI is InChI=1S/C25H21NO3/c1-15-12-13-16(2)21(14-15)26-25(28)20-11-7-10-19-22(27)17(3)23(29-24(19)20)18-8-5-4-6-9-18/h4-14H,1-3H3,(H,26,28). The molecule has 1 aromatic heterocycles. The maximum Gasteiger partial charge on any atom is 0.259 e. The Morgan fingerprint density at radius 3 is 2.41 bits per heavy atom. The highest BCUT2D eigenvalue weighted by atomic mass is 16.3. The molecule has 1 amide bonds. The number of amides is 1. The summed E-state index contributed by atoms with van der Waals surface area (Å²) >= 11 is 0. The van der Waals surface area contributed by atoms with E-state index in [1.54, 1.807) is 25.1 Å². The Hall–Kier alpha value is -3.66. The van der Waals surface area contributed by atoms with Crippen LogP contribution in [-0.2, 0) is 0 Å². The number of aryl methyl sites for hydroxylation is 2. The lowest BCUT2D eigenvalue weighted by Gasteiger charge is -2.12. The summed E-state index contributed by atoms with van der Waals surface area (Å²) < 4.78 is 6.14. The molecule has 1 heterocycles.